The van der Waals surface area contributed by atoms with Crippen LogP contribution in [0.25, 0.3) is 66.9 Å². The lowest BCUT2D eigenvalue weighted by Gasteiger charge is -2.19. The third-order valence-electron chi connectivity index (χ3n) is 8.57. The van der Waals surface area contributed by atoms with Crippen LogP contribution in [-0.4, -0.2) is 15.0 Å². The highest BCUT2D eigenvalue weighted by atomic mass is 14.8. The van der Waals surface area contributed by atoms with Gasteiger partial charge in [0, 0.05) is 28.5 Å². The number of hydrogen-bond acceptors (Lipinski definition) is 3. The maximum Gasteiger partial charge on any atom is 0.0979 e. The molecule has 5 aromatic carbocycles. The van der Waals surface area contributed by atoms with E-state index in [1.165, 1.54) is 22.3 Å². The first kappa shape index (κ1) is 28.4. The largest absolute Gasteiger partial charge is 0.256 e. The predicted molar refractivity (Wildman–Crippen MR) is 188 cm³/mol. The second-order valence-electron chi connectivity index (χ2n) is 12.6. The standard InChI is InChI=1S/C42H35N3/c1-28-34(29-13-7-5-8-14-29)19-12-20-35(28)37-22-21-36(41-40(37)44-27-39(45-41)30-15-9-6-10-16-30)31-17-11-18-32(25-31)38-26-33(23-24-43-38)42(2,3)4/h5-27H,1-4H3. The lowest BCUT2D eigenvalue weighted by molar-refractivity contribution is 0.589. The molecular formula is C42H35N3. The number of aromatic nitrogens is 3. The first-order valence-electron chi connectivity index (χ1n) is 15.4. The molecule has 0 bridgehead atoms. The monoisotopic (exact) mass is 581 g/mol. The molecule has 3 nitrogen and oxygen atoms in total. The van der Waals surface area contributed by atoms with E-state index in [2.05, 4.69) is 137 Å². The number of pyridine rings is 1. The predicted octanol–water partition coefficient (Wildman–Crippen LogP) is 11.0. The lowest BCUT2D eigenvalue weighted by atomic mass is 9.86. The van der Waals surface area contributed by atoms with Gasteiger partial charge < -0.3 is 0 Å². The first-order chi connectivity index (χ1) is 21.9. The zero-order valence-corrected chi connectivity index (χ0v) is 26.1. The Morgan fingerprint density at radius 2 is 1.11 bits per heavy atom. The van der Waals surface area contributed by atoms with Gasteiger partial charge in [-0.15, -0.1) is 0 Å². The van der Waals surface area contributed by atoms with Crippen molar-refractivity contribution in [3.05, 3.63) is 151 Å². The summed E-state index contributed by atoms with van der Waals surface area (Å²) in [4.78, 5) is 15.1. The van der Waals surface area contributed by atoms with Gasteiger partial charge in [-0.2, -0.15) is 0 Å². The average molecular weight is 582 g/mol. The summed E-state index contributed by atoms with van der Waals surface area (Å²) >= 11 is 0. The Balaban J connectivity index is 1.42. The normalized spacial score (nSPS) is 11.6. The van der Waals surface area contributed by atoms with Gasteiger partial charge in [0.1, 0.15) is 0 Å². The summed E-state index contributed by atoms with van der Waals surface area (Å²) < 4.78 is 0. The van der Waals surface area contributed by atoms with Crippen molar-refractivity contribution >= 4 is 11.0 Å². The van der Waals surface area contributed by atoms with Crippen molar-refractivity contribution in [2.75, 3.05) is 0 Å². The zero-order chi connectivity index (χ0) is 31.0. The Morgan fingerprint density at radius 1 is 0.467 bits per heavy atom. The molecule has 2 heterocycles. The first-order valence-corrected chi connectivity index (χ1v) is 15.4. The van der Waals surface area contributed by atoms with E-state index < -0.39 is 0 Å². The third kappa shape index (κ3) is 5.54. The van der Waals surface area contributed by atoms with Crippen molar-refractivity contribution in [3.63, 3.8) is 0 Å². The minimum Gasteiger partial charge on any atom is -0.256 e. The fraction of sp³-hybridized carbons (Fsp3) is 0.119. The summed E-state index contributed by atoms with van der Waals surface area (Å²) in [6.45, 7) is 8.90. The van der Waals surface area contributed by atoms with Gasteiger partial charge in [-0.05, 0) is 63.9 Å². The molecular weight excluding hydrogens is 546 g/mol. The topological polar surface area (TPSA) is 38.7 Å². The highest BCUT2D eigenvalue weighted by Gasteiger charge is 2.18. The molecule has 0 amide bonds. The fourth-order valence-corrected chi connectivity index (χ4v) is 6.06. The number of rotatable bonds is 5. The van der Waals surface area contributed by atoms with Crippen LogP contribution in [0.1, 0.15) is 31.9 Å². The molecule has 0 radical (unpaired) electrons. The van der Waals surface area contributed by atoms with E-state index in [1.807, 2.05) is 30.6 Å². The molecule has 0 aliphatic rings. The fourth-order valence-electron chi connectivity index (χ4n) is 6.06. The van der Waals surface area contributed by atoms with E-state index in [1.54, 1.807) is 0 Å². The van der Waals surface area contributed by atoms with E-state index in [0.29, 0.717) is 0 Å². The van der Waals surface area contributed by atoms with Crippen molar-refractivity contribution in [2.45, 2.75) is 33.1 Å². The smallest absolute Gasteiger partial charge is 0.0979 e. The number of nitrogens with zero attached hydrogens (tertiary/aromatic N) is 3. The van der Waals surface area contributed by atoms with Gasteiger partial charge in [0.2, 0.25) is 0 Å². The van der Waals surface area contributed by atoms with Crippen LogP contribution >= 0.6 is 0 Å². The van der Waals surface area contributed by atoms with Crippen molar-refractivity contribution in [1.82, 2.24) is 15.0 Å². The summed E-state index contributed by atoms with van der Waals surface area (Å²) in [5, 5.41) is 0. The van der Waals surface area contributed by atoms with Gasteiger partial charge >= 0.3 is 0 Å². The Bertz CT molecular complexity index is 2140. The summed E-state index contributed by atoms with van der Waals surface area (Å²) in [5.74, 6) is 0. The number of fused-ring (bicyclic) bond motifs is 1. The molecule has 2 aromatic heterocycles. The van der Waals surface area contributed by atoms with E-state index in [4.69, 9.17) is 15.0 Å². The molecule has 0 fully saturated rings. The van der Waals surface area contributed by atoms with Crippen LogP contribution < -0.4 is 0 Å². The summed E-state index contributed by atoms with van der Waals surface area (Å²) in [6, 6.07) is 44.7. The number of benzene rings is 5. The molecule has 0 aliphatic heterocycles. The van der Waals surface area contributed by atoms with Crippen LogP contribution in [0, 0.1) is 6.92 Å². The van der Waals surface area contributed by atoms with Crippen molar-refractivity contribution in [3.8, 4) is 55.9 Å². The van der Waals surface area contributed by atoms with Gasteiger partial charge in [0.05, 0.1) is 28.6 Å². The third-order valence-corrected chi connectivity index (χ3v) is 8.57. The molecule has 7 rings (SSSR count). The Morgan fingerprint density at radius 3 is 1.87 bits per heavy atom. The maximum atomic E-state index is 5.29. The molecule has 0 saturated carbocycles. The van der Waals surface area contributed by atoms with Crippen LogP contribution in [-0.2, 0) is 5.41 Å². The lowest BCUT2D eigenvalue weighted by Crippen LogP contribution is -2.11. The van der Waals surface area contributed by atoms with Gasteiger partial charge in [-0.25, -0.2) is 4.98 Å². The maximum absolute atomic E-state index is 5.29. The van der Waals surface area contributed by atoms with Gasteiger partial charge in [-0.3, -0.25) is 9.97 Å². The highest BCUT2D eigenvalue weighted by molar-refractivity contribution is 6.02. The Labute approximate surface area is 265 Å². The minimum absolute atomic E-state index is 0.0424. The van der Waals surface area contributed by atoms with Gasteiger partial charge in [0.15, 0.2) is 0 Å². The summed E-state index contributed by atoms with van der Waals surface area (Å²) in [6.07, 6.45) is 3.82. The zero-order valence-electron chi connectivity index (χ0n) is 26.1. The molecule has 0 aliphatic carbocycles. The second-order valence-corrected chi connectivity index (χ2v) is 12.6. The van der Waals surface area contributed by atoms with Crippen molar-refractivity contribution < 1.29 is 0 Å². The quantitative estimate of drug-likeness (QED) is 0.203. The molecule has 3 heteroatoms. The second kappa shape index (κ2) is 11.6. The van der Waals surface area contributed by atoms with Crippen LogP contribution in [0.5, 0.6) is 0 Å². The molecule has 218 valence electrons. The Hall–Kier alpha value is -5.41. The summed E-state index contributed by atoms with van der Waals surface area (Å²) in [7, 11) is 0. The van der Waals surface area contributed by atoms with Gasteiger partial charge in [-0.1, -0.05) is 130 Å². The van der Waals surface area contributed by atoms with E-state index in [-0.39, 0.29) is 5.41 Å². The van der Waals surface area contributed by atoms with Crippen LogP contribution in [0.3, 0.4) is 0 Å². The molecule has 45 heavy (non-hydrogen) atoms. The summed E-state index contributed by atoms with van der Waals surface area (Å²) in [5.41, 5.74) is 15.0. The SMILES string of the molecule is Cc1c(-c2ccccc2)cccc1-c1ccc(-c2cccc(-c3cc(C(C)(C)C)ccn3)c2)c2nc(-c3ccccc3)cnc12. The van der Waals surface area contributed by atoms with E-state index >= 15 is 0 Å². The molecule has 0 atom stereocenters. The van der Waals surface area contributed by atoms with E-state index in [9.17, 15) is 0 Å². The van der Waals surface area contributed by atoms with Crippen LogP contribution in [0.15, 0.2) is 140 Å². The molecule has 0 spiro atoms. The molecule has 0 unspecified atom stereocenters. The molecule has 0 N–H and O–H groups in total. The van der Waals surface area contributed by atoms with Crippen molar-refractivity contribution in [1.29, 1.82) is 0 Å². The minimum atomic E-state index is 0.0424. The van der Waals surface area contributed by atoms with Gasteiger partial charge in [0.25, 0.3) is 0 Å². The highest BCUT2D eigenvalue weighted by Crippen LogP contribution is 2.39. The Kier molecular flexibility index (Phi) is 7.31. The molecule has 0 saturated heterocycles. The van der Waals surface area contributed by atoms with Crippen LogP contribution in [0.2, 0.25) is 0 Å². The average Bonchev–Trinajstić information content (AvgIpc) is 3.08. The molecule has 7 aromatic rings. The van der Waals surface area contributed by atoms with Crippen molar-refractivity contribution in [2.24, 2.45) is 0 Å². The number of hydrogen-bond donors (Lipinski definition) is 0. The van der Waals surface area contributed by atoms with Crippen LogP contribution in [0.4, 0.5) is 0 Å². The van der Waals surface area contributed by atoms with E-state index in [0.717, 1.165) is 55.8 Å².